The fourth-order valence-corrected chi connectivity index (χ4v) is 2.65. The van der Waals surface area contributed by atoms with E-state index in [2.05, 4.69) is 22.5 Å². The lowest BCUT2D eigenvalue weighted by Crippen LogP contribution is -2.37. The highest BCUT2D eigenvalue weighted by Gasteiger charge is 2.08. The van der Waals surface area contributed by atoms with Gasteiger partial charge in [-0.1, -0.05) is 37.3 Å². The summed E-state index contributed by atoms with van der Waals surface area (Å²) >= 11 is 0. The Morgan fingerprint density at radius 1 is 0.962 bits per heavy atom. The van der Waals surface area contributed by atoms with E-state index in [9.17, 15) is 9.59 Å². The van der Waals surface area contributed by atoms with Crippen LogP contribution >= 0.6 is 0 Å². The fraction of sp³-hybridized carbons (Fsp3) is 0.333. The van der Waals surface area contributed by atoms with Crippen molar-refractivity contribution in [3.63, 3.8) is 0 Å². The van der Waals surface area contributed by atoms with Crippen LogP contribution in [0.15, 0.2) is 54.6 Å². The fourth-order valence-electron chi connectivity index (χ4n) is 2.65. The first kappa shape index (κ1) is 19.5. The van der Waals surface area contributed by atoms with Gasteiger partial charge >= 0.3 is 0 Å². The lowest BCUT2D eigenvalue weighted by molar-refractivity contribution is -0.120. The molecule has 2 N–H and O–H groups in total. The second kappa shape index (κ2) is 10.2. The van der Waals surface area contributed by atoms with Crippen LogP contribution < -0.4 is 15.5 Å². The highest BCUT2D eigenvalue weighted by molar-refractivity contribution is 5.96. The van der Waals surface area contributed by atoms with E-state index in [1.165, 1.54) is 5.56 Å². The van der Waals surface area contributed by atoms with Crippen LogP contribution in [0.1, 0.15) is 29.3 Å². The number of rotatable bonds is 9. The molecule has 0 aliphatic carbocycles. The number of benzene rings is 2. The van der Waals surface area contributed by atoms with Gasteiger partial charge in [-0.3, -0.25) is 9.59 Å². The molecule has 5 heteroatoms. The van der Waals surface area contributed by atoms with Gasteiger partial charge in [-0.2, -0.15) is 0 Å². The average Bonchev–Trinajstić information content (AvgIpc) is 2.67. The summed E-state index contributed by atoms with van der Waals surface area (Å²) in [4.78, 5) is 26.1. The molecule has 138 valence electrons. The first-order valence-corrected chi connectivity index (χ1v) is 9.00. The molecule has 0 fully saturated rings. The molecular weight excluding hydrogens is 326 g/mol. The maximum absolute atomic E-state index is 12.1. The van der Waals surface area contributed by atoms with Gasteiger partial charge in [0.1, 0.15) is 0 Å². The normalized spacial score (nSPS) is 10.2. The smallest absolute Gasteiger partial charge is 0.251 e. The van der Waals surface area contributed by atoms with Crippen molar-refractivity contribution in [1.82, 2.24) is 10.6 Å². The van der Waals surface area contributed by atoms with Crippen molar-refractivity contribution >= 4 is 17.5 Å². The molecule has 2 aromatic carbocycles. The molecule has 2 rings (SSSR count). The number of nitrogens with one attached hydrogen (secondary N) is 2. The summed E-state index contributed by atoms with van der Waals surface area (Å²) in [7, 11) is 2.03. The molecular formula is C21H27N3O2. The summed E-state index contributed by atoms with van der Waals surface area (Å²) in [5, 5.41) is 5.47. The largest absolute Gasteiger partial charge is 0.375 e. The molecule has 2 aromatic rings. The number of amides is 2. The molecule has 2 amide bonds. The maximum atomic E-state index is 12.1. The SMILES string of the molecule is CCCN(C)c1ccc(C(=O)NCC(=O)NCCc2ccccc2)cc1. The third kappa shape index (κ3) is 6.24. The molecule has 0 spiro atoms. The van der Waals surface area contributed by atoms with Gasteiger partial charge in [-0.15, -0.1) is 0 Å². The Labute approximate surface area is 155 Å². The van der Waals surface area contributed by atoms with Crippen molar-refractivity contribution < 1.29 is 9.59 Å². The molecule has 0 unspecified atom stereocenters. The van der Waals surface area contributed by atoms with Crippen molar-refractivity contribution in [2.45, 2.75) is 19.8 Å². The van der Waals surface area contributed by atoms with E-state index < -0.39 is 0 Å². The van der Waals surface area contributed by atoms with E-state index in [0.29, 0.717) is 12.1 Å². The third-order valence-electron chi connectivity index (χ3n) is 4.12. The zero-order valence-electron chi connectivity index (χ0n) is 15.5. The number of carbonyl (C=O) groups excluding carboxylic acids is 2. The Balaban J connectivity index is 1.72. The standard InChI is InChI=1S/C21H27N3O2/c1-3-15-24(2)19-11-9-18(10-12-19)21(26)23-16-20(25)22-14-13-17-7-5-4-6-8-17/h4-12H,3,13-16H2,1-2H3,(H,22,25)(H,23,26). The predicted molar refractivity (Wildman–Crippen MR) is 105 cm³/mol. The van der Waals surface area contributed by atoms with Crippen LogP contribution in [0.5, 0.6) is 0 Å². The molecule has 5 nitrogen and oxygen atoms in total. The van der Waals surface area contributed by atoms with E-state index in [1.807, 2.05) is 49.5 Å². The Bertz CT molecular complexity index is 699. The van der Waals surface area contributed by atoms with E-state index in [0.717, 1.165) is 25.1 Å². The number of hydrogen-bond donors (Lipinski definition) is 2. The van der Waals surface area contributed by atoms with Crippen LogP contribution in [0.25, 0.3) is 0 Å². The van der Waals surface area contributed by atoms with Gasteiger partial charge in [0.05, 0.1) is 6.54 Å². The summed E-state index contributed by atoms with van der Waals surface area (Å²) < 4.78 is 0. The highest BCUT2D eigenvalue weighted by Crippen LogP contribution is 2.14. The summed E-state index contributed by atoms with van der Waals surface area (Å²) in [5.74, 6) is -0.429. The van der Waals surface area contributed by atoms with Crippen LogP contribution in [-0.4, -0.2) is 38.5 Å². The van der Waals surface area contributed by atoms with Gasteiger partial charge in [0.2, 0.25) is 5.91 Å². The molecule has 0 aliphatic heterocycles. The summed E-state index contributed by atoms with van der Waals surface area (Å²) in [6, 6.07) is 17.4. The molecule has 26 heavy (non-hydrogen) atoms. The summed E-state index contributed by atoms with van der Waals surface area (Å²) in [6.07, 6.45) is 1.84. The molecule has 0 heterocycles. The minimum Gasteiger partial charge on any atom is -0.375 e. The Kier molecular flexibility index (Phi) is 7.68. The molecule has 0 bridgehead atoms. The van der Waals surface area contributed by atoms with Crippen molar-refractivity contribution in [1.29, 1.82) is 0 Å². The molecule has 0 radical (unpaired) electrons. The number of hydrogen-bond acceptors (Lipinski definition) is 3. The molecule has 0 saturated heterocycles. The predicted octanol–water partition coefficient (Wildman–Crippen LogP) is 2.62. The zero-order valence-corrected chi connectivity index (χ0v) is 15.5. The van der Waals surface area contributed by atoms with E-state index in [-0.39, 0.29) is 18.4 Å². The molecule has 0 aliphatic rings. The van der Waals surface area contributed by atoms with Crippen LogP contribution in [0.2, 0.25) is 0 Å². The second-order valence-electron chi connectivity index (χ2n) is 6.24. The van der Waals surface area contributed by atoms with E-state index in [4.69, 9.17) is 0 Å². The molecule has 0 aromatic heterocycles. The monoisotopic (exact) mass is 353 g/mol. The topological polar surface area (TPSA) is 61.4 Å². The van der Waals surface area contributed by atoms with Gasteiger partial charge < -0.3 is 15.5 Å². The van der Waals surface area contributed by atoms with Crippen LogP contribution in [0.4, 0.5) is 5.69 Å². The Hall–Kier alpha value is -2.82. The highest BCUT2D eigenvalue weighted by atomic mass is 16.2. The minimum absolute atomic E-state index is 0.0227. The summed E-state index contributed by atoms with van der Waals surface area (Å²) in [5.41, 5.74) is 2.79. The van der Waals surface area contributed by atoms with Gasteiger partial charge in [-0.25, -0.2) is 0 Å². The quantitative estimate of drug-likeness (QED) is 0.728. The van der Waals surface area contributed by atoms with Gasteiger partial charge in [0, 0.05) is 31.4 Å². The maximum Gasteiger partial charge on any atom is 0.251 e. The van der Waals surface area contributed by atoms with E-state index in [1.54, 1.807) is 12.1 Å². The van der Waals surface area contributed by atoms with Gasteiger partial charge in [0.25, 0.3) is 5.91 Å². The minimum atomic E-state index is -0.243. The number of carbonyl (C=O) groups is 2. The van der Waals surface area contributed by atoms with Crippen molar-refractivity contribution in [2.24, 2.45) is 0 Å². The zero-order chi connectivity index (χ0) is 18.8. The lowest BCUT2D eigenvalue weighted by Gasteiger charge is -2.18. The van der Waals surface area contributed by atoms with Crippen LogP contribution in [-0.2, 0) is 11.2 Å². The molecule has 0 atom stereocenters. The number of nitrogens with zero attached hydrogens (tertiary/aromatic N) is 1. The Morgan fingerprint density at radius 2 is 1.65 bits per heavy atom. The number of anilines is 1. The van der Waals surface area contributed by atoms with Gasteiger partial charge in [0.15, 0.2) is 0 Å². The summed E-state index contributed by atoms with van der Waals surface area (Å²) in [6.45, 7) is 3.63. The second-order valence-corrected chi connectivity index (χ2v) is 6.24. The Morgan fingerprint density at radius 3 is 2.31 bits per heavy atom. The van der Waals surface area contributed by atoms with Gasteiger partial charge in [-0.05, 0) is 42.7 Å². The molecule has 0 saturated carbocycles. The first-order chi connectivity index (χ1) is 12.6. The first-order valence-electron chi connectivity index (χ1n) is 9.00. The van der Waals surface area contributed by atoms with E-state index >= 15 is 0 Å². The van der Waals surface area contributed by atoms with Crippen LogP contribution in [0, 0.1) is 0 Å². The van der Waals surface area contributed by atoms with Crippen molar-refractivity contribution in [3.8, 4) is 0 Å². The van der Waals surface area contributed by atoms with Crippen molar-refractivity contribution in [3.05, 3.63) is 65.7 Å². The third-order valence-corrected chi connectivity index (χ3v) is 4.12. The average molecular weight is 353 g/mol. The van der Waals surface area contributed by atoms with Crippen LogP contribution in [0.3, 0.4) is 0 Å². The lowest BCUT2D eigenvalue weighted by atomic mass is 10.1. The van der Waals surface area contributed by atoms with Crippen molar-refractivity contribution in [2.75, 3.05) is 31.6 Å².